The Balaban J connectivity index is 1.91. The molecule has 5 N–H and O–H groups in total. The summed E-state index contributed by atoms with van der Waals surface area (Å²) in [6.07, 6.45) is -5.49. The van der Waals surface area contributed by atoms with Gasteiger partial charge in [-0.2, -0.15) is 0 Å². The number of rotatable bonds is 7. The minimum Gasteiger partial charge on any atom is -0.508 e. The van der Waals surface area contributed by atoms with Gasteiger partial charge in [0.1, 0.15) is 35.2 Å². The molecule has 0 radical (unpaired) electrons. The summed E-state index contributed by atoms with van der Waals surface area (Å²) in [6.45, 7) is 2.99. The van der Waals surface area contributed by atoms with Crippen LogP contribution >= 0.6 is 0 Å². The van der Waals surface area contributed by atoms with Gasteiger partial charge in [-0.25, -0.2) is 0 Å². The van der Waals surface area contributed by atoms with Gasteiger partial charge in [-0.1, -0.05) is 0 Å². The molecule has 42 heavy (non-hydrogen) atoms. The summed E-state index contributed by atoms with van der Waals surface area (Å²) in [5, 5.41) is 49.9. The van der Waals surface area contributed by atoms with Crippen molar-refractivity contribution in [2.24, 2.45) is 0 Å². The number of aromatic hydroxyl groups is 5. The average molecular weight is 590 g/mol. The molecule has 0 bridgehead atoms. The lowest BCUT2D eigenvalue weighted by molar-refractivity contribution is -0.254. The first-order chi connectivity index (χ1) is 19.7. The first-order valence-electron chi connectivity index (χ1n) is 12.3. The Hall–Kier alpha value is -5.18. The molecule has 3 aromatic rings. The highest BCUT2D eigenvalue weighted by molar-refractivity contribution is 5.88. The van der Waals surface area contributed by atoms with Crippen LogP contribution in [0, 0.1) is 0 Å². The average Bonchev–Trinajstić information content (AvgIpc) is 2.87. The van der Waals surface area contributed by atoms with E-state index in [9.17, 15) is 44.7 Å². The van der Waals surface area contributed by atoms with Gasteiger partial charge in [0.15, 0.2) is 23.0 Å². The van der Waals surface area contributed by atoms with Crippen LogP contribution in [0.25, 0.3) is 22.3 Å². The number of phenols is 5. The van der Waals surface area contributed by atoms with Gasteiger partial charge >= 0.3 is 17.9 Å². The predicted octanol–water partition coefficient (Wildman–Crippen LogP) is 1.91. The molecule has 1 saturated heterocycles. The second-order valence-electron chi connectivity index (χ2n) is 9.30. The third-order valence-electron chi connectivity index (χ3n) is 6.03. The fourth-order valence-corrected chi connectivity index (χ4v) is 4.37. The Morgan fingerprint density at radius 3 is 2.12 bits per heavy atom. The third-order valence-corrected chi connectivity index (χ3v) is 6.03. The topological polar surface area (TPSA) is 229 Å². The SMILES string of the molecule is CC(=O)OCC1CC(OC(C)=O)[C@@H](OC(C)=O)C(Oc2c(-c3cc(O)c(O)c(O)c3)oc3cc(O)cc(O)c3c2=O)O1. The number of benzene rings is 2. The molecule has 15 heteroatoms. The highest BCUT2D eigenvalue weighted by atomic mass is 16.7. The minimum atomic E-state index is -1.72. The van der Waals surface area contributed by atoms with Crippen molar-refractivity contribution >= 4 is 28.9 Å². The van der Waals surface area contributed by atoms with E-state index in [4.69, 9.17) is 28.1 Å². The van der Waals surface area contributed by atoms with Gasteiger partial charge in [0.25, 0.3) is 0 Å². The number of carbonyl (C=O) groups excluding carboxylic acids is 3. The zero-order valence-electron chi connectivity index (χ0n) is 22.4. The molecule has 1 aromatic heterocycles. The molecule has 3 unspecified atom stereocenters. The van der Waals surface area contributed by atoms with Gasteiger partial charge in [-0.05, 0) is 12.1 Å². The number of phenolic OH excluding ortho intramolecular Hbond substituents is 5. The van der Waals surface area contributed by atoms with E-state index in [2.05, 4.69) is 0 Å². The largest absolute Gasteiger partial charge is 0.508 e. The molecule has 15 nitrogen and oxygen atoms in total. The number of carbonyl (C=O) groups is 3. The predicted molar refractivity (Wildman–Crippen MR) is 138 cm³/mol. The second-order valence-corrected chi connectivity index (χ2v) is 9.30. The molecule has 2 aromatic carbocycles. The Labute approximate surface area is 236 Å². The van der Waals surface area contributed by atoms with Gasteiger partial charge in [0, 0.05) is 44.9 Å². The number of ether oxygens (including phenoxy) is 5. The van der Waals surface area contributed by atoms with Crippen LogP contribution in [0.5, 0.6) is 34.5 Å². The van der Waals surface area contributed by atoms with Crippen LogP contribution in [0.3, 0.4) is 0 Å². The number of fused-ring (bicyclic) bond motifs is 1. The molecule has 0 spiro atoms. The van der Waals surface area contributed by atoms with Crippen molar-refractivity contribution in [1.29, 1.82) is 0 Å². The summed E-state index contributed by atoms with van der Waals surface area (Å²) < 4.78 is 33.2. The molecule has 224 valence electrons. The van der Waals surface area contributed by atoms with Crippen LogP contribution in [0.15, 0.2) is 33.5 Å². The molecule has 4 rings (SSSR count). The normalized spacial score (nSPS) is 20.1. The summed E-state index contributed by atoms with van der Waals surface area (Å²) in [5.74, 6) is -7.08. The summed E-state index contributed by atoms with van der Waals surface area (Å²) >= 11 is 0. The smallest absolute Gasteiger partial charge is 0.303 e. The van der Waals surface area contributed by atoms with Crippen molar-refractivity contribution in [2.45, 2.75) is 51.8 Å². The highest BCUT2D eigenvalue weighted by Gasteiger charge is 2.46. The van der Waals surface area contributed by atoms with E-state index in [-0.39, 0.29) is 24.2 Å². The maximum Gasteiger partial charge on any atom is 0.303 e. The molecule has 1 aliphatic rings. The van der Waals surface area contributed by atoms with Crippen LogP contribution in [-0.4, -0.2) is 74.6 Å². The van der Waals surface area contributed by atoms with E-state index >= 15 is 0 Å². The number of hydrogen-bond acceptors (Lipinski definition) is 15. The standard InChI is InChI=1S/C27H26O15/c1-10(28)37-9-15-8-20(38-11(2)29)25(39-12(3)30)27(40-15)42-26-23(36)21-16(32)6-14(31)7-19(21)41-24(26)13-4-17(33)22(35)18(34)5-13/h4-7,15,20,25,27,31-35H,8-9H2,1-3H3/t15?,20?,25-,27?/m1/s1. The maximum atomic E-state index is 13.7. The molecular weight excluding hydrogens is 564 g/mol. The summed E-state index contributed by atoms with van der Waals surface area (Å²) in [4.78, 5) is 49.0. The lowest BCUT2D eigenvalue weighted by Gasteiger charge is -2.39. The Bertz CT molecular complexity index is 1580. The number of esters is 3. The fraction of sp³-hybridized carbons (Fsp3) is 0.333. The van der Waals surface area contributed by atoms with Gasteiger partial charge in [0.2, 0.25) is 23.6 Å². The quantitative estimate of drug-likeness (QED) is 0.150. The molecule has 1 fully saturated rings. The van der Waals surface area contributed by atoms with Crippen molar-refractivity contribution in [3.05, 3.63) is 34.5 Å². The monoisotopic (exact) mass is 590 g/mol. The Morgan fingerprint density at radius 2 is 1.52 bits per heavy atom. The molecule has 2 heterocycles. The Morgan fingerprint density at radius 1 is 0.881 bits per heavy atom. The highest BCUT2D eigenvalue weighted by Crippen LogP contribution is 2.43. The van der Waals surface area contributed by atoms with E-state index in [1.165, 1.54) is 0 Å². The zero-order valence-corrected chi connectivity index (χ0v) is 22.4. The van der Waals surface area contributed by atoms with Crippen molar-refractivity contribution in [3.8, 4) is 45.8 Å². The molecular formula is C27H26O15. The van der Waals surface area contributed by atoms with Gasteiger partial charge < -0.3 is 53.6 Å². The molecule has 4 atom stereocenters. The van der Waals surface area contributed by atoms with Gasteiger partial charge in [0.05, 0.1) is 6.10 Å². The maximum absolute atomic E-state index is 13.7. The van der Waals surface area contributed by atoms with Crippen LogP contribution in [0.4, 0.5) is 0 Å². The zero-order chi connectivity index (χ0) is 30.9. The Kier molecular flexibility index (Phi) is 8.33. The van der Waals surface area contributed by atoms with Crippen LogP contribution in [0.1, 0.15) is 27.2 Å². The van der Waals surface area contributed by atoms with Crippen LogP contribution in [0.2, 0.25) is 0 Å². The second kappa shape index (κ2) is 11.7. The van der Waals surface area contributed by atoms with Crippen LogP contribution < -0.4 is 10.2 Å². The van der Waals surface area contributed by atoms with Gasteiger partial charge in [-0.3, -0.25) is 19.2 Å². The summed E-state index contributed by atoms with van der Waals surface area (Å²) in [5.41, 5.74) is -1.59. The third kappa shape index (κ3) is 6.25. The summed E-state index contributed by atoms with van der Waals surface area (Å²) in [7, 11) is 0. The molecule has 0 amide bonds. The van der Waals surface area contributed by atoms with Crippen molar-refractivity contribution in [3.63, 3.8) is 0 Å². The van der Waals surface area contributed by atoms with E-state index < -0.39 is 93.6 Å². The minimum absolute atomic E-state index is 0.108. The van der Waals surface area contributed by atoms with E-state index in [1.807, 2.05) is 0 Å². The lowest BCUT2D eigenvalue weighted by Crippen LogP contribution is -2.55. The summed E-state index contributed by atoms with van der Waals surface area (Å²) in [6, 6.07) is 3.72. The van der Waals surface area contributed by atoms with Gasteiger partial charge in [-0.15, -0.1) is 0 Å². The van der Waals surface area contributed by atoms with Crippen molar-refractivity contribution in [2.75, 3.05) is 6.61 Å². The molecule has 0 saturated carbocycles. The van der Waals surface area contributed by atoms with E-state index in [1.54, 1.807) is 0 Å². The van der Waals surface area contributed by atoms with E-state index in [0.29, 0.717) is 0 Å². The first kappa shape index (κ1) is 29.8. The van der Waals surface area contributed by atoms with Crippen molar-refractivity contribution < 1.29 is 68.0 Å². The number of hydrogen-bond donors (Lipinski definition) is 5. The fourth-order valence-electron chi connectivity index (χ4n) is 4.37. The first-order valence-corrected chi connectivity index (χ1v) is 12.3. The molecule has 0 aliphatic carbocycles. The van der Waals surface area contributed by atoms with Crippen molar-refractivity contribution in [1.82, 2.24) is 0 Å². The molecule has 1 aliphatic heterocycles. The van der Waals surface area contributed by atoms with E-state index in [0.717, 1.165) is 45.0 Å². The lowest BCUT2D eigenvalue weighted by atomic mass is 10.0. The van der Waals surface area contributed by atoms with Crippen LogP contribution in [-0.2, 0) is 33.3 Å².